The second kappa shape index (κ2) is 8.70. The number of amides is 2. The Hall–Kier alpha value is -3.35. The number of carbonyl (C=O) groups is 3. The Kier molecular flexibility index (Phi) is 5.50. The zero-order valence-corrected chi connectivity index (χ0v) is 19.6. The lowest BCUT2D eigenvalue weighted by molar-refractivity contribution is -0.147. The molecule has 3 fully saturated rings. The molecule has 0 spiro atoms. The number of carboxylic acid groups (broad SMARTS) is 1. The van der Waals surface area contributed by atoms with Crippen LogP contribution in [0.15, 0.2) is 48.5 Å². The highest BCUT2D eigenvalue weighted by atomic mass is 16.5. The molecule has 0 radical (unpaired) electrons. The summed E-state index contributed by atoms with van der Waals surface area (Å²) in [4.78, 5) is 38.1. The highest BCUT2D eigenvalue weighted by Gasteiger charge is 2.51. The van der Waals surface area contributed by atoms with Crippen molar-refractivity contribution in [2.24, 2.45) is 23.7 Å². The van der Waals surface area contributed by atoms with Crippen LogP contribution >= 0.6 is 0 Å². The Labute approximate surface area is 204 Å². The Bertz CT molecular complexity index is 1130. The highest BCUT2D eigenvalue weighted by molar-refractivity contribution is 5.81. The molecular formula is C28H30N2O5. The summed E-state index contributed by atoms with van der Waals surface area (Å²) in [6.07, 6.45) is 2.29. The van der Waals surface area contributed by atoms with Gasteiger partial charge in [-0.3, -0.25) is 9.59 Å². The first kappa shape index (κ1) is 22.1. The maximum atomic E-state index is 12.8. The van der Waals surface area contributed by atoms with Crippen LogP contribution in [-0.4, -0.2) is 53.7 Å². The van der Waals surface area contributed by atoms with E-state index in [0.29, 0.717) is 31.5 Å². The van der Waals surface area contributed by atoms with Crippen molar-refractivity contribution in [2.75, 3.05) is 19.7 Å². The molecule has 4 atom stereocenters. The van der Waals surface area contributed by atoms with Crippen LogP contribution in [0.3, 0.4) is 0 Å². The van der Waals surface area contributed by atoms with Gasteiger partial charge < -0.3 is 20.1 Å². The molecule has 7 heteroatoms. The molecule has 0 aromatic heterocycles. The molecule has 3 aliphatic carbocycles. The Morgan fingerprint density at radius 2 is 1.60 bits per heavy atom. The number of carboxylic acids is 1. The maximum Gasteiger partial charge on any atom is 0.407 e. The van der Waals surface area contributed by atoms with E-state index in [-0.39, 0.29) is 42.2 Å². The molecule has 35 heavy (non-hydrogen) atoms. The van der Waals surface area contributed by atoms with Gasteiger partial charge in [-0.25, -0.2) is 4.79 Å². The second-order valence-corrected chi connectivity index (χ2v) is 10.6. The molecule has 0 bridgehead atoms. The number of nitrogens with one attached hydrogen (secondary N) is 1. The van der Waals surface area contributed by atoms with Gasteiger partial charge in [0.15, 0.2) is 0 Å². The number of likely N-dealkylation sites (tertiary alicyclic amines) is 1. The summed E-state index contributed by atoms with van der Waals surface area (Å²) >= 11 is 0. The fourth-order valence-electron chi connectivity index (χ4n) is 6.77. The minimum Gasteiger partial charge on any atom is -0.481 e. The van der Waals surface area contributed by atoms with Crippen molar-refractivity contribution in [2.45, 2.75) is 37.6 Å². The number of rotatable bonds is 6. The minimum atomic E-state index is -0.803. The summed E-state index contributed by atoms with van der Waals surface area (Å²) in [7, 11) is 0. The van der Waals surface area contributed by atoms with Crippen LogP contribution in [0.4, 0.5) is 4.79 Å². The van der Waals surface area contributed by atoms with E-state index in [0.717, 1.165) is 19.3 Å². The van der Waals surface area contributed by atoms with E-state index in [1.54, 1.807) is 4.90 Å². The van der Waals surface area contributed by atoms with Gasteiger partial charge in [-0.15, -0.1) is 0 Å². The fraction of sp³-hybridized carbons (Fsp3) is 0.464. The molecule has 2 N–H and O–H groups in total. The minimum absolute atomic E-state index is 0.00918. The van der Waals surface area contributed by atoms with E-state index >= 15 is 0 Å². The standard InChI is InChI=1S/C28H30N2O5/c31-26(32)9-16-13-30(14-16)27(33)18-10-17-12-25(23(17)11-18)29-28(34)35-15-24-21-7-3-1-5-19(21)20-6-2-4-8-22(20)24/h1-8,16-18,23-25H,9-15H2,(H,29,34)(H,31,32)/t17-,18?,23-,25+/m0/s1. The van der Waals surface area contributed by atoms with Crippen molar-refractivity contribution >= 4 is 18.0 Å². The van der Waals surface area contributed by atoms with Gasteiger partial charge in [0.25, 0.3) is 0 Å². The quantitative estimate of drug-likeness (QED) is 0.663. The van der Waals surface area contributed by atoms with Crippen LogP contribution < -0.4 is 5.32 Å². The first-order valence-electron chi connectivity index (χ1n) is 12.6. The van der Waals surface area contributed by atoms with E-state index in [2.05, 4.69) is 29.6 Å². The van der Waals surface area contributed by atoms with Crippen molar-refractivity contribution in [3.05, 3.63) is 59.7 Å². The van der Waals surface area contributed by atoms with Gasteiger partial charge in [0, 0.05) is 36.9 Å². The zero-order valence-electron chi connectivity index (χ0n) is 19.6. The zero-order chi connectivity index (χ0) is 24.1. The van der Waals surface area contributed by atoms with Gasteiger partial charge >= 0.3 is 12.1 Å². The monoisotopic (exact) mass is 474 g/mol. The van der Waals surface area contributed by atoms with E-state index in [1.165, 1.54) is 22.3 Å². The number of ether oxygens (including phenoxy) is 1. The summed E-state index contributed by atoms with van der Waals surface area (Å²) < 4.78 is 5.70. The van der Waals surface area contributed by atoms with E-state index < -0.39 is 5.97 Å². The lowest BCUT2D eigenvalue weighted by Gasteiger charge is -2.40. The first-order valence-corrected chi connectivity index (χ1v) is 12.6. The average Bonchev–Trinajstić information content (AvgIpc) is 3.33. The van der Waals surface area contributed by atoms with E-state index in [4.69, 9.17) is 9.84 Å². The van der Waals surface area contributed by atoms with Crippen molar-refractivity contribution in [3.8, 4) is 11.1 Å². The maximum absolute atomic E-state index is 12.8. The van der Waals surface area contributed by atoms with Crippen molar-refractivity contribution in [1.82, 2.24) is 10.2 Å². The lowest BCUT2D eigenvalue weighted by Crippen LogP contribution is -2.52. The van der Waals surface area contributed by atoms with Gasteiger partial charge in [-0.05, 0) is 53.4 Å². The molecule has 2 saturated carbocycles. The second-order valence-electron chi connectivity index (χ2n) is 10.6. The van der Waals surface area contributed by atoms with Gasteiger partial charge in [0.05, 0.1) is 6.42 Å². The van der Waals surface area contributed by atoms with Crippen molar-refractivity contribution in [1.29, 1.82) is 0 Å². The fourth-order valence-corrected chi connectivity index (χ4v) is 6.77. The van der Waals surface area contributed by atoms with Crippen molar-refractivity contribution < 1.29 is 24.2 Å². The predicted molar refractivity (Wildman–Crippen MR) is 129 cm³/mol. The van der Waals surface area contributed by atoms with Crippen LogP contribution in [0.5, 0.6) is 0 Å². The van der Waals surface area contributed by atoms with Gasteiger partial charge in [0.2, 0.25) is 5.91 Å². The molecule has 1 aliphatic heterocycles. The van der Waals surface area contributed by atoms with Crippen LogP contribution in [0, 0.1) is 23.7 Å². The van der Waals surface area contributed by atoms with Gasteiger partial charge in [0.1, 0.15) is 6.61 Å². The summed E-state index contributed by atoms with van der Waals surface area (Å²) in [5.41, 5.74) is 4.80. The number of alkyl carbamates (subject to hydrolysis) is 1. The molecule has 7 nitrogen and oxygen atoms in total. The number of hydrogen-bond acceptors (Lipinski definition) is 4. The predicted octanol–water partition coefficient (Wildman–Crippen LogP) is 3.87. The normalized spacial score (nSPS) is 26.7. The third-order valence-corrected chi connectivity index (χ3v) is 8.55. The summed E-state index contributed by atoms with van der Waals surface area (Å²) in [6, 6.07) is 16.6. The third-order valence-electron chi connectivity index (χ3n) is 8.55. The molecule has 6 rings (SSSR count). The van der Waals surface area contributed by atoms with Gasteiger partial charge in [-0.1, -0.05) is 48.5 Å². The SMILES string of the molecule is O=C(O)CC1CN(C(=O)C2C[C@H]3C[C@@H](NC(=O)OCC4c5ccccc5-c5ccccc54)[C@H]3C2)C1. The first-order chi connectivity index (χ1) is 17.0. The average molecular weight is 475 g/mol. The third kappa shape index (κ3) is 3.97. The molecule has 1 unspecified atom stereocenters. The molecular weight excluding hydrogens is 444 g/mol. The van der Waals surface area contributed by atoms with Crippen LogP contribution in [0.25, 0.3) is 11.1 Å². The Morgan fingerprint density at radius 1 is 0.943 bits per heavy atom. The highest BCUT2D eigenvalue weighted by Crippen LogP contribution is 2.50. The summed E-state index contributed by atoms with van der Waals surface area (Å²) in [6.45, 7) is 1.41. The molecule has 2 aromatic carbocycles. The lowest BCUT2D eigenvalue weighted by atomic mass is 9.71. The molecule has 182 valence electrons. The molecule has 4 aliphatic rings. The number of hydrogen-bond donors (Lipinski definition) is 2. The number of benzene rings is 2. The molecule has 1 saturated heterocycles. The summed E-state index contributed by atoms with van der Waals surface area (Å²) in [5.74, 6) is 0.253. The molecule has 1 heterocycles. The number of fused-ring (bicyclic) bond motifs is 4. The van der Waals surface area contributed by atoms with Gasteiger partial charge in [-0.2, -0.15) is 0 Å². The van der Waals surface area contributed by atoms with E-state index in [1.807, 2.05) is 24.3 Å². The van der Waals surface area contributed by atoms with Crippen LogP contribution in [0.2, 0.25) is 0 Å². The molecule has 2 aromatic rings. The Balaban J connectivity index is 0.999. The van der Waals surface area contributed by atoms with Crippen LogP contribution in [0.1, 0.15) is 42.7 Å². The smallest absolute Gasteiger partial charge is 0.407 e. The van der Waals surface area contributed by atoms with Crippen LogP contribution in [-0.2, 0) is 14.3 Å². The largest absolute Gasteiger partial charge is 0.481 e. The molecule has 2 amide bonds. The Morgan fingerprint density at radius 3 is 2.26 bits per heavy atom. The topological polar surface area (TPSA) is 95.9 Å². The number of carbonyl (C=O) groups excluding carboxylic acids is 2. The summed E-state index contributed by atoms with van der Waals surface area (Å²) in [5, 5.41) is 12.0. The number of aliphatic carboxylic acids is 1. The van der Waals surface area contributed by atoms with E-state index in [9.17, 15) is 14.4 Å². The van der Waals surface area contributed by atoms with Crippen molar-refractivity contribution in [3.63, 3.8) is 0 Å². The number of nitrogens with zero attached hydrogens (tertiary/aromatic N) is 1.